The maximum absolute atomic E-state index is 2.35. The van der Waals surface area contributed by atoms with Gasteiger partial charge in [0.15, 0.2) is 0 Å². The first-order chi connectivity index (χ1) is 12.3. The lowest BCUT2D eigenvalue weighted by molar-refractivity contribution is 1.55. The van der Waals surface area contributed by atoms with E-state index in [1.807, 2.05) is 0 Å². The minimum atomic E-state index is 1.26. The number of rotatable bonds is 1. The van der Waals surface area contributed by atoms with E-state index in [1.165, 1.54) is 49.0 Å². The van der Waals surface area contributed by atoms with Crippen LogP contribution in [0.4, 0.5) is 0 Å². The van der Waals surface area contributed by atoms with E-state index >= 15 is 0 Å². The van der Waals surface area contributed by atoms with Gasteiger partial charge in [0.2, 0.25) is 0 Å². The van der Waals surface area contributed by atoms with Gasteiger partial charge in [0, 0.05) is 0 Å². The Labute approximate surface area is 147 Å². The second-order valence-electron chi connectivity index (χ2n) is 6.67. The first-order valence-corrected chi connectivity index (χ1v) is 8.72. The van der Waals surface area contributed by atoms with E-state index in [2.05, 4.69) is 97.9 Å². The van der Waals surface area contributed by atoms with E-state index in [0.717, 1.165) is 0 Å². The van der Waals surface area contributed by atoms with Crippen molar-refractivity contribution >= 4 is 32.3 Å². The molecule has 0 aliphatic carbocycles. The molecular formula is C25H18. The molecular weight excluding hydrogens is 300 g/mol. The highest BCUT2D eigenvalue weighted by Crippen LogP contribution is 2.38. The zero-order chi connectivity index (χ0) is 16.8. The first kappa shape index (κ1) is 14.2. The van der Waals surface area contributed by atoms with E-state index in [1.54, 1.807) is 0 Å². The molecule has 0 amide bonds. The predicted octanol–water partition coefficient (Wildman–Crippen LogP) is 7.12. The Bertz CT molecular complexity index is 1230. The number of hydrogen-bond acceptors (Lipinski definition) is 0. The van der Waals surface area contributed by atoms with Crippen LogP contribution in [-0.4, -0.2) is 0 Å². The second-order valence-corrected chi connectivity index (χ2v) is 6.67. The van der Waals surface area contributed by atoms with Crippen LogP contribution in [0.25, 0.3) is 43.4 Å². The van der Waals surface area contributed by atoms with Gasteiger partial charge in [0.05, 0.1) is 0 Å². The third-order valence-corrected chi connectivity index (χ3v) is 5.18. The van der Waals surface area contributed by atoms with Crippen molar-refractivity contribution in [1.29, 1.82) is 0 Å². The lowest BCUT2D eigenvalue weighted by Gasteiger charge is -2.13. The van der Waals surface area contributed by atoms with Crippen molar-refractivity contribution in [3.8, 4) is 11.1 Å². The topological polar surface area (TPSA) is 0 Å². The fraction of sp³-hybridized carbons (Fsp3) is 0.0400. The molecule has 5 aromatic rings. The highest BCUT2D eigenvalue weighted by molar-refractivity contribution is 6.26. The van der Waals surface area contributed by atoms with Gasteiger partial charge in [-0.05, 0) is 62.0 Å². The molecule has 0 spiro atoms. The number of benzene rings is 5. The smallest absolute Gasteiger partial charge is 0.00697 e. The van der Waals surface area contributed by atoms with Gasteiger partial charge < -0.3 is 0 Å². The Morgan fingerprint density at radius 1 is 0.440 bits per heavy atom. The molecule has 0 aliphatic heterocycles. The monoisotopic (exact) mass is 318 g/mol. The van der Waals surface area contributed by atoms with Crippen LogP contribution in [0.1, 0.15) is 5.56 Å². The van der Waals surface area contributed by atoms with Gasteiger partial charge in [-0.15, -0.1) is 0 Å². The summed E-state index contributed by atoms with van der Waals surface area (Å²) in [4.78, 5) is 0. The molecule has 0 aliphatic rings. The van der Waals surface area contributed by atoms with Crippen molar-refractivity contribution in [2.75, 3.05) is 0 Å². The Balaban J connectivity index is 1.99. The molecule has 0 unspecified atom stereocenters. The zero-order valence-electron chi connectivity index (χ0n) is 14.2. The Kier molecular flexibility index (Phi) is 3.11. The van der Waals surface area contributed by atoms with E-state index in [4.69, 9.17) is 0 Å². The summed E-state index contributed by atoms with van der Waals surface area (Å²) in [5.41, 5.74) is 3.87. The maximum atomic E-state index is 2.35. The molecule has 0 heteroatoms. The molecule has 5 rings (SSSR count). The summed E-state index contributed by atoms with van der Waals surface area (Å²) < 4.78 is 0. The van der Waals surface area contributed by atoms with E-state index in [-0.39, 0.29) is 0 Å². The molecule has 0 radical (unpaired) electrons. The van der Waals surface area contributed by atoms with Crippen molar-refractivity contribution in [3.63, 3.8) is 0 Å². The summed E-state index contributed by atoms with van der Waals surface area (Å²) in [6.07, 6.45) is 0. The van der Waals surface area contributed by atoms with Gasteiger partial charge in [-0.25, -0.2) is 0 Å². The van der Waals surface area contributed by atoms with Crippen molar-refractivity contribution in [2.24, 2.45) is 0 Å². The van der Waals surface area contributed by atoms with Crippen LogP contribution in [-0.2, 0) is 0 Å². The van der Waals surface area contributed by atoms with Crippen LogP contribution in [0.2, 0.25) is 0 Å². The predicted molar refractivity (Wildman–Crippen MR) is 109 cm³/mol. The minimum absolute atomic E-state index is 1.26. The van der Waals surface area contributed by atoms with Crippen molar-refractivity contribution in [3.05, 3.63) is 96.6 Å². The average molecular weight is 318 g/mol. The zero-order valence-corrected chi connectivity index (χ0v) is 14.2. The molecule has 0 bridgehead atoms. The molecule has 25 heavy (non-hydrogen) atoms. The van der Waals surface area contributed by atoms with Crippen LogP contribution < -0.4 is 0 Å². The molecule has 0 saturated heterocycles. The summed E-state index contributed by atoms with van der Waals surface area (Å²) in [5, 5.41) is 8.05. The molecule has 0 atom stereocenters. The summed E-state index contributed by atoms with van der Waals surface area (Å²) in [6.45, 7) is 2.21. The highest BCUT2D eigenvalue weighted by atomic mass is 14.1. The van der Waals surface area contributed by atoms with Crippen molar-refractivity contribution < 1.29 is 0 Å². The van der Waals surface area contributed by atoms with Crippen molar-refractivity contribution in [1.82, 2.24) is 0 Å². The summed E-state index contributed by atoms with van der Waals surface area (Å²) in [6, 6.07) is 32.9. The molecule has 0 nitrogen and oxygen atoms in total. The maximum Gasteiger partial charge on any atom is -0.00697 e. The SMILES string of the molecule is Cc1cccc2c3cc(-c4ccccc4)ccc3c3ccccc3c12. The number of fused-ring (bicyclic) bond motifs is 6. The van der Waals surface area contributed by atoms with E-state index in [9.17, 15) is 0 Å². The minimum Gasteiger partial charge on any atom is -0.0622 e. The fourth-order valence-electron chi connectivity index (χ4n) is 4.00. The largest absolute Gasteiger partial charge is 0.0622 e. The van der Waals surface area contributed by atoms with Gasteiger partial charge >= 0.3 is 0 Å². The number of hydrogen-bond donors (Lipinski definition) is 0. The molecule has 0 aromatic heterocycles. The molecule has 0 N–H and O–H groups in total. The molecule has 118 valence electrons. The van der Waals surface area contributed by atoms with Gasteiger partial charge in [-0.2, -0.15) is 0 Å². The van der Waals surface area contributed by atoms with Gasteiger partial charge in [-0.1, -0.05) is 84.9 Å². The highest BCUT2D eigenvalue weighted by Gasteiger charge is 2.10. The molecule has 0 saturated carbocycles. The Morgan fingerprint density at radius 3 is 1.92 bits per heavy atom. The second kappa shape index (κ2) is 5.46. The van der Waals surface area contributed by atoms with Crippen LogP contribution in [0.3, 0.4) is 0 Å². The number of aryl methyl sites for hydroxylation is 1. The molecule has 5 aromatic carbocycles. The lowest BCUT2D eigenvalue weighted by Crippen LogP contribution is -1.87. The third-order valence-electron chi connectivity index (χ3n) is 5.18. The lowest BCUT2D eigenvalue weighted by atomic mass is 9.90. The standard InChI is InChI=1S/C25H18/c1-17-8-7-13-23-24-16-19(18-9-3-2-4-10-18)14-15-21(24)20-11-5-6-12-22(20)25(17)23/h2-16H,1H3. The van der Waals surface area contributed by atoms with Gasteiger partial charge in [0.25, 0.3) is 0 Å². The van der Waals surface area contributed by atoms with Crippen LogP contribution >= 0.6 is 0 Å². The summed E-state index contributed by atoms with van der Waals surface area (Å²) in [7, 11) is 0. The van der Waals surface area contributed by atoms with E-state index < -0.39 is 0 Å². The Morgan fingerprint density at radius 2 is 1.08 bits per heavy atom. The molecule has 0 heterocycles. The average Bonchev–Trinajstić information content (AvgIpc) is 2.68. The third kappa shape index (κ3) is 2.15. The van der Waals surface area contributed by atoms with E-state index in [0.29, 0.717) is 0 Å². The molecule has 0 fully saturated rings. The Hall–Kier alpha value is -3.12. The van der Waals surface area contributed by atoms with Gasteiger partial charge in [0.1, 0.15) is 0 Å². The quantitative estimate of drug-likeness (QED) is 0.289. The fourth-order valence-corrected chi connectivity index (χ4v) is 4.00. The van der Waals surface area contributed by atoms with Crippen LogP contribution in [0.5, 0.6) is 0 Å². The summed E-state index contributed by atoms with van der Waals surface area (Å²) in [5.74, 6) is 0. The van der Waals surface area contributed by atoms with Crippen LogP contribution in [0, 0.1) is 6.92 Å². The summed E-state index contributed by atoms with van der Waals surface area (Å²) >= 11 is 0. The van der Waals surface area contributed by atoms with Gasteiger partial charge in [-0.3, -0.25) is 0 Å². The van der Waals surface area contributed by atoms with Crippen molar-refractivity contribution in [2.45, 2.75) is 6.92 Å². The van der Waals surface area contributed by atoms with Crippen LogP contribution in [0.15, 0.2) is 91.0 Å². The first-order valence-electron chi connectivity index (χ1n) is 8.72. The normalized spacial score (nSPS) is 11.4.